The van der Waals surface area contributed by atoms with E-state index in [9.17, 15) is 14.4 Å². The van der Waals surface area contributed by atoms with Crippen LogP contribution >= 0.6 is 34.4 Å². The van der Waals surface area contributed by atoms with E-state index in [2.05, 4.69) is 15.6 Å². The fourth-order valence-corrected chi connectivity index (χ4v) is 4.71. The van der Waals surface area contributed by atoms with E-state index in [1.165, 1.54) is 34.4 Å². The van der Waals surface area contributed by atoms with Gasteiger partial charge in [-0.05, 0) is 36.6 Å². The van der Waals surface area contributed by atoms with Gasteiger partial charge in [0, 0.05) is 11.3 Å². The summed E-state index contributed by atoms with van der Waals surface area (Å²) in [7, 11) is 0. The fraction of sp³-hybridized carbons (Fsp3) is 0.111. The van der Waals surface area contributed by atoms with E-state index >= 15 is 0 Å². The number of aryl methyl sites for hydroxylation is 1. The van der Waals surface area contributed by atoms with Crippen molar-refractivity contribution in [2.45, 2.75) is 11.1 Å². The van der Waals surface area contributed by atoms with E-state index in [0.29, 0.717) is 21.3 Å². The SMILES string of the molecule is Cc1nc(NC(=O)c2cccc(NC(=O)c3cccs3)c2)sc1SCC(N)=O. The number of hydrogen-bond acceptors (Lipinski definition) is 7. The lowest BCUT2D eigenvalue weighted by atomic mass is 10.2. The van der Waals surface area contributed by atoms with Gasteiger partial charge < -0.3 is 11.1 Å². The number of hydrogen-bond donors (Lipinski definition) is 3. The standard InChI is InChI=1S/C18H16N4O3S3/c1-10-17(27-9-14(19)23)28-18(20-10)22-15(24)11-4-2-5-12(8-11)21-16(25)13-6-3-7-26-13/h2-8H,9H2,1H3,(H2,19,23)(H,21,25)(H,20,22,24). The van der Waals surface area contributed by atoms with Crippen LogP contribution in [-0.4, -0.2) is 28.5 Å². The molecule has 0 saturated heterocycles. The molecule has 0 radical (unpaired) electrons. The van der Waals surface area contributed by atoms with Gasteiger partial charge in [0.2, 0.25) is 5.91 Å². The lowest BCUT2D eigenvalue weighted by Crippen LogP contribution is -2.14. The quantitative estimate of drug-likeness (QED) is 0.494. The summed E-state index contributed by atoms with van der Waals surface area (Å²) in [5.41, 5.74) is 6.80. The van der Waals surface area contributed by atoms with Gasteiger partial charge in [-0.3, -0.25) is 19.7 Å². The van der Waals surface area contributed by atoms with E-state index in [1.807, 2.05) is 5.38 Å². The summed E-state index contributed by atoms with van der Waals surface area (Å²) in [6, 6.07) is 10.2. The summed E-state index contributed by atoms with van der Waals surface area (Å²) in [6.45, 7) is 1.80. The second-order valence-electron chi connectivity index (χ2n) is 5.61. The third kappa shape index (κ3) is 5.18. The highest BCUT2D eigenvalue weighted by molar-refractivity contribution is 8.01. The number of primary amides is 1. The van der Waals surface area contributed by atoms with Crippen LogP contribution in [0.2, 0.25) is 0 Å². The van der Waals surface area contributed by atoms with Gasteiger partial charge in [-0.25, -0.2) is 4.98 Å². The highest BCUT2D eigenvalue weighted by Crippen LogP contribution is 2.32. The molecule has 10 heteroatoms. The second kappa shape index (κ2) is 9.00. The van der Waals surface area contributed by atoms with Crippen LogP contribution < -0.4 is 16.4 Å². The molecule has 28 heavy (non-hydrogen) atoms. The van der Waals surface area contributed by atoms with Gasteiger partial charge in [-0.1, -0.05) is 23.5 Å². The maximum atomic E-state index is 12.5. The number of rotatable bonds is 7. The number of nitrogens with one attached hydrogen (secondary N) is 2. The van der Waals surface area contributed by atoms with Crippen molar-refractivity contribution < 1.29 is 14.4 Å². The van der Waals surface area contributed by atoms with Gasteiger partial charge in [0.25, 0.3) is 11.8 Å². The molecule has 1 aromatic carbocycles. The van der Waals surface area contributed by atoms with Crippen molar-refractivity contribution >= 4 is 63.0 Å². The molecule has 7 nitrogen and oxygen atoms in total. The average Bonchev–Trinajstić information content (AvgIpc) is 3.30. The molecule has 3 rings (SSSR count). The molecular formula is C18H16N4O3S3. The van der Waals surface area contributed by atoms with Crippen molar-refractivity contribution in [3.8, 4) is 0 Å². The Morgan fingerprint density at radius 2 is 1.96 bits per heavy atom. The monoisotopic (exact) mass is 432 g/mol. The molecule has 0 fully saturated rings. The van der Waals surface area contributed by atoms with Crippen LogP contribution in [0.4, 0.5) is 10.8 Å². The van der Waals surface area contributed by atoms with Gasteiger partial charge in [0.15, 0.2) is 5.13 Å². The van der Waals surface area contributed by atoms with Crippen LogP contribution in [0.15, 0.2) is 46.0 Å². The Kier molecular flexibility index (Phi) is 6.45. The number of nitrogens with zero attached hydrogens (tertiary/aromatic N) is 1. The van der Waals surface area contributed by atoms with Crippen LogP contribution in [-0.2, 0) is 4.79 Å². The maximum Gasteiger partial charge on any atom is 0.265 e. The molecule has 0 unspecified atom stereocenters. The van der Waals surface area contributed by atoms with Crippen LogP contribution in [0.25, 0.3) is 0 Å². The number of thiazole rings is 1. The molecular weight excluding hydrogens is 416 g/mol. The lowest BCUT2D eigenvalue weighted by Gasteiger charge is -2.06. The molecule has 0 aliphatic rings. The third-order valence-electron chi connectivity index (χ3n) is 3.45. The topological polar surface area (TPSA) is 114 Å². The van der Waals surface area contributed by atoms with Gasteiger partial charge in [0.05, 0.1) is 20.5 Å². The molecule has 144 valence electrons. The van der Waals surface area contributed by atoms with Gasteiger partial charge >= 0.3 is 0 Å². The van der Waals surface area contributed by atoms with Crippen LogP contribution in [0.1, 0.15) is 25.7 Å². The molecule has 0 saturated carbocycles. The first-order chi connectivity index (χ1) is 13.4. The van der Waals surface area contributed by atoms with Gasteiger partial charge in [0.1, 0.15) is 0 Å². The second-order valence-corrected chi connectivity index (χ2v) is 8.80. The average molecular weight is 433 g/mol. The van der Waals surface area contributed by atoms with Crippen molar-refractivity contribution in [2.75, 3.05) is 16.4 Å². The molecule has 0 aliphatic carbocycles. The number of thioether (sulfide) groups is 1. The summed E-state index contributed by atoms with van der Waals surface area (Å²) in [5, 5.41) is 7.78. The Hall–Kier alpha value is -2.69. The zero-order valence-electron chi connectivity index (χ0n) is 14.7. The molecule has 0 bridgehead atoms. The van der Waals surface area contributed by atoms with Crippen molar-refractivity contribution in [3.05, 3.63) is 57.9 Å². The smallest absolute Gasteiger partial charge is 0.265 e. The molecule has 4 N–H and O–H groups in total. The zero-order chi connectivity index (χ0) is 20.1. The number of carbonyl (C=O) groups is 3. The minimum Gasteiger partial charge on any atom is -0.369 e. The van der Waals surface area contributed by atoms with E-state index in [4.69, 9.17) is 5.73 Å². The van der Waals surface area contributed by atoms with E-state index < -0.39 is 5.91 Å². The van der Waals surface area contributed by atoms with Crippen LogP contribution in [0, 0.1) is 6.92 Å². The predicted molar refractivity (Wildman–Crippen MR) is 113 cm³/mol. The number of thiophene rings is 1. The molecule has 0 spiro atoms. The minimum absolute atomic E-state index is 0.155. The third-order valence-corrected chi connectivity index (χ3v) is 6.77. The van der Waals surface area contributed by atoms with E-state index in [-0.39, 0.29) is 17.6 Å². The molecule has 2 heterocycles. The highest BCUT2D eigenvalue weighted by atomic mass is 32.2. The van der Waals surface area contributed by atoms with Crippen molar-refractivity contribution in [1.29, 1.82) is 0 Å². The number of benzene rings is 1. The van der Waals surface area contributed by atoms with Crippen LogP contribution in [0.3, 0.4) is 0 Å². The Bertz CT molecular complexity index is 1020. The summed E-state index contributed by atoms with van der Waals surface area (Å²) < 4.78 is 0.825. The number of aromatic nitrogens is 1. The fourth-order valence-electron chi connectivity index (χ4n) is 2.21. The first kappa shape index (κ1) is 20.1. The summed E-state index contributed by atoms with van der Waals surface area (Å²) in [5.74, 6) is -0.820. The summed E-state index contributed by atoms with van der Waals surface area (Å²) in [6.07, 6.45) is 0. The first-order valence-corrected chi connectivity index (χ1v) is 10.8. The summed E-state index contributed by atoms with van der Waals surface area (Å²) >= 11 is 3.91. The zero-order valence-corrected chi connectivity index (χ0v) is 17.2. The van der Waals surface area contributed by atoms with Gasteiger partial charge in [-0.15, -0.1) is 23.1 Å². The Balaban J connectivity index is 1.67. The number of anilines is 2. The van der Waals surface area contributed by atoms with Crippen molar-refractivity contribution in [3.63, 3.8) is 0 Å². The molecule has 3 amide bonds. The van der Waals surface area contributed by atoms with E-state index in [1.54, 1.807) is 43.3 Å². The van der Waals surface area contributed by atoms with Crippen LogP contribution in [0.5, 0.6) is 0 Å². The van der Waals surface area contributed by atoms with Crippen molar-refractivity contribution in [1.82, 2.24) is 4.98 Å². The van der Waals surface area contributed by atoms with Gasteiger partial charge in [-0.2, -0.15) is 0 Å². The Morgan fingerprint density at radius 1 is 1.14 bits per heavy atom. The number of carbonyl (C=O) groups excluding carboxylic acids is 3. The highest BCUT2D eigenvalue weighted by Gasteiger charge is 2.14. The predicted octanol–water partition coefficient (Wildman–Crippen LogP) is 3.60. The van der Waals surface area contributed by atoms with Crippen molar-refractivity contribution in [2.24, 2.45) is 5.73 Å². The number of nitrogens with two attached hydrogens (primary N) is 1. The molecule has 0 atom stereocenters. The lowest BCUT2D eigenvalue weighted by molar-refractivity contribution is -0.115. The Labute approximate surface area is 173 Å². The molecule has 2 aromatic heterocycles. The number of amides is 3. The molecule has 3 aromatic rings. The Morgan fingerprint density at radius 3 is 2.68 bits per heavy atom. The summed E-state index contributed by atoms with van der Waals surface area (Å²) in [4.78, 5) is 40.5. The maximum absolute atomic E-state index is 12.5. The van der Waals surface area contributed by atoms with E-state index in [0.717, 1.165) is 9.90 Å². The minimum atomic E-state index is -0.412. The molecule has 0 aliphatic heterocycles. The normalized spacial score (nSPS) is 10.5. The largest absolute Gasteiger partial charge is 0.369 e. The first-order valence-electron chi connectivity index (χ1n) is 8.07.